The van der Waals surface area contributed by atoms with Crippen LogP contribution in [0.5, 0.6) is 0 Å². The summed E-state index contributed by atoms with van der Waals surface area (Å²) in [7, 11) is 0. The lowest BCUT2D eigenvalue weighted by atomic mass is 10.0. The van der Waals surface area contributed by atoms with E-state index in [9.17, 15) is 53.1 Å². The first-order chi connectivity index (χ1) is 33.9. The molecule has 1 heterocycles. The highest BCUT2D eigenvalue weighted by atomic mass is 32.2. The van der Waals surface area contributed by atoms with Crippen molar-refractivity contribution in [2.45, 2.75) is 101 Å². The van der Waals surface area contributed by atoms with Crippen LogP contribution < -0.4 is 65.1 Å². The first kappa shape index (κ1) is 61.3. The Morgan fingerprint density at radius 2 is 1.30 bits per heavy atom. The Hall–Kier alpha value is -5.84. The fraction of sp³-hybridized carbons (Fsp3) is 0.605. The van der Waals surface area contributed by atoms with Gasteiger partial charge in [-0.1, -0.05) is 37.3 Å². The number of nitrogens with one attached hydrogen (secondary N) is 9. The van der Waals surface area contributed by atoms with Crippen molar-refractivity contribution in [3.8, 4) is 0 Å². The predicted octanol–water partition coefficient (Wildman–Crippen LogP) is -4.45. The third-order valence-corrected chi connectivity index (χ3v) is 12.0. The Balaban J connectivity index is 2.62. The molecule has 16 N–H and O–H groups in total. The molecule has 0 bridgehead atoms. The van der Waals surface area contributed by atoms with E-state index in [1.54, 1.807) is 30.3 Å². The van der Waals surface area contributed by atoms with Crippen LogP contribution in [0.1, 0.15) is 57.4 Å². The van der Waals surface area contributed by atoms with Gasteiger partial charge >= 0.3 is 5.97 Å². The fourth-order valence-electron chi connectivity index (χ4n) is 6.57. The van der Waals surface area contributed by atoms with Gasteiger partial charge in [0.15, 0.2) is 5.96 Å². The van der Waals surface area contributed by atoms with Crippen molar-refractivity contribution in [2.75, 3.05) is 62.4 Å². The summed E-state index contributed by atoms with van der Waals surface area (Å²) in [6, 6.07) is -1.34. The van der Waals surface area contributed by atoms with Gasteiger partial charge < -0.3 is 74.9 Å². The van der Waals surface area contributed by atoms with Crippen LogP contribution in [0.2, 0.25) is 0 Å². The number of nitrogens with zero attached hydrogens (tertiary/aromatic N) is 1. The molecule has 71 heavy (non-hydrogen) atoms. The van der Waals surface area contributed by atoms with Gasteiger partial charge in [-0.15, -0.1) is 11.8 Å². The minimum absolute atomic E-state index is 0.0395. The topological polar surface area (TPSA) is 399 Å². The predicted molar refractivity (Wildman–Crippen MR) is 271 cm³/mol. The molecule has 1 aromatic carbocycles. The van der Waals surface area contributed by atoms with E-state index in [4.69, 9.17) is 21.9 Å². The lowest BCUT2D eigenvalue weighted by Crippen LogP contribution is -2.60. The molecule has 0 spiro atoms. The maximum absolute atomic E-state index is 14.2. The van der Waals surface area contributed by atoms with Gasteiger partial charge in [0, 0.05) is 43.4 Å². The van der Waals surface area contributed by atoms with Gasteiger partial charge in [-0.25, -0.2) is 0 Å². The summed E-state index contributed by atoms with van der Waals surface area (Å²) >= 11 is 9.39. The van der Waals surface area contributed by atoms with E-state index in [0.717, 1.165) is 18.2 Å². The van der Waals surface area contributed by atoms with Gasteiger partial charge in [-0.3, -0.25) is 52.9 Å². The summed E-state index contributed by atoms with van der Waals surface area (Å²) in [6.45, 7) is 2.10. The number of rotatable bonds is 20. The van der Waals surface area contributed by atoms with Crippen LogP contribution in [-0.2, 0) is 59.1 Å². The summed E-state index contributed by atoms with van der Waals surface area (Å²) in [5.74, 6) is -10.6. The molecule has 1 saturated heterocycles. The minimum atomic E-state index is -1.79. The third-order valence-electron chi connectivity index (χ3n) is 10.2. The monoisotopic (exact) mass is 1060 g/mol. The van der Waals surface area contributed by atoms with Crippen LogP contribution in [0.15, 0.2) is 35.3 Å². The number of carbonyl (C=O) groups excluding carboxylic acids is 9. The quantitative estimate of drug-likeness (QED) is 0.0254. The molecule has 1 aliphatic heterocycles. The zero-order valence-corrected chi connectivity index (χ0v) is 42.2. The zero-order valence-electron chi connectivity index (χ0n) is 39.6. The second-order valence-electron chi connectivity index (χ2n) is 16.1. The smallest absolute Gasteiger partial charge is 0.305 e. The van der Waals surface area contributed by atoms with Crippen molar-refractivity contribution in [3.63, 3.8) is 0 Å². The summed E-state index contributed by atoms with van der Waals surface area (Å²) in [4.78, 5) is 138. The summed E-state index contributed by atoms with van der Waals surface area (Å²) < 4.78 is 5.47. The molecule has 1 aliphatic rings. The molecule has 0 radical (unpaired) electrons. The number of benzene rings is 1. The van der Waals surface area contributed by atoms with Gasteiger partial charge in [0.2, 0.25) is 53.2 Å². The van der Waals surface area contributed by atoms with Crippen molar-refractivity contribution >= 4 is 102 Å². The molecule has 0 aliphatic carbocycles. The first-order valence-electron chi connectivity index (χ1n) is 23.0. The average molecular weight is 1060 g/mol. The summed E-state index contributed by atoms with van der Waals surface area (Å²) in [5.41, 5.74) is 17.1. The Morgan fingerprint density at radius 3 is 1.90 bits per heavy atom. The van der Waals surface area contributed by atoms with Gasteiger partial charge in [0.1, 0.15) is 42.3 Å². The number of aliphatic carboxylic acids is 1. The number of unbranched alkanes of at least 4 members (excludes halogenated alkanes) is 1. The molecular weight excluding hydrogens is 987 g/mol. The Kier molecular flexibility index (Phi) is 29.8. The number of aliphatic imine (C=N–C) groups is 1. The lowest BCUT2D eigenvalue weighted by molar-refractivity contribution is -0.141. The van der Waals surface area contributed by atoms with Crippen LogP contribution in [0.3, 0.4) is 0 Å². The molecule has 1 fully saturated rings. The molecule has 1 aromatic rings. The summed E-state index contributed by atoms with van der Waals surface area (Å²) in [5, 5.41) is 32.2. The highest BCUT2D eigenvalue weighted by molar-refractivity contribution is 8.00. The van der Waals surface area contributed by atoms with Crippen LogP contribution in [-0.4, -0.2) is 175 Å². The van der Waals surface area contributed by atoms with E-state index >= 15 is 0 Å². The van der Waals surface area contributed by atoms with Crippen LogP contribution >= 0.6 is 37.0 Å². The molecule has 25 nitrogen and oxygen atoms in total. The van der Waals surface area contributed by atoms with Gasteiger partial charge in [0.05, 0.1) is 25.3 Å². The van der Waals surface area contributed by atoms with Gasteiger partial charge in [-0.05, 0) is 50.6 Å². The second kappa shape index (κ2) is 34.5. The van der Waals surface area contributed by atoms with E-state index in [1.165, 1.54) is 0 Å². The number of hydrogen-bond acceptors (Lipinski definition) is 16. The molecule has 7 atom stereocenters. The largest absolute Gasteiger partial charge is 0.481 e. The molecule has 0 aromatic heterocycles. The number of nitrogens with two attached hydrogens (primary N) is 3. The van der Waals surface area contributed by atoms with Crippen LogP contribution in [0, 0.1) is 0 Å². The molecule has 0 saturated carbocycles. The van der Waals surface area contributed by atoms with Crippen molar-refractivity contribution in [3.05, 3.63) is 35.9 Å². The molecule has 396 valence electrons. The Bertz CT molecular complexity index is 1970. The van der Waals surface area contributed by atoms with Crippen molar-refractivity contribution in [2.24, 2.45) is 22.2 Å². The van der Waals surface area contributed by atoms with E-state index in [0.29, 0.717) is 25.0 Å². The number of amides is 9. The number of hydrogen-bond donors (Lipinski definition) is 15. The number of ether oxygens (including phenoxy) is 1. The Morgan fingerprint density at radius 1 is 0.732 bits per heavy atom. The zero-order chi connectivity index (χ0) is 52.7. The number of guanidine groups is 1. The van der Waals surface area contributed by atoms with Crippen molar-refractivity contribution < 1.29 is 57.8 Å². The Labute approximate surface area is 427 Å². The van der Waals surface area contributed by atoms with Crippen LogP contribution in [0.4, 0.5) is 0 Å². The van der Waals surface area contributed by atoms with E-state index in [1.807, 2.05) is 6.92 Å². The summed E-state index contributed by atoms with van der Waals surface area (Å²) in [6.07, 6.45) is 0.727. The SMILES string of the molecule is CCCOCCNC(=O)[C@@H]1CSCC(=O)N[C@@H](CCCCN)C(=O)N[C@@H](CS)C(=O)N[C@@H](CCCN=C(N)N)C(=O)NCC(=O)N[C@@H](CC(=O)O)C(=O)N[C@@H](CS)C(=O)N[C@@H](Cc2ccccc2)C(=O)N1. The van der Waals surface area contributed by atoms with Gasteiger partial charge in [-0.2, -0.15) is 25.3 Å². The molecule has 0 unspecified atom stereocenters. The maximum atomic E-state index is 14.2. The van der Waals surface area contributed by atoms with E-state index in [-0.39, 0.29) is 80.9 Å². The first-order valence-corrected chi connectivity index (χ1v) is 25.4. The number of thiol groups is 2. The normalized spacial score (nSPS) is 22.9. The van der Waals surface area contributed by atoms with Crippen molar-refractivity contribution in [1.82, 2.24) is 47.9 Å². The van der Waals surface area contributed by atoms with E-state index in [2.05, 4.69) is 78.1 Å². The standard InChI is InChI=1S/C43H69N13O12S3/c1-2-16-68-17-15-47-37(62)32-23-71-24-34(58)50-27(11-6-7-13-44)38(63)54-30(21-69)41(66)52-26(12-8-14-48-43(45)46)36(61)49-20-33(57)51-29(19-35(59)60)40(65)55-31(22-70)42(67)53-28(39(64)56-32)18-25-9-4-3-5-10-25/h3-5,9-10,26-32,69-70H,2,6-8,11-24,44H2,1H3,(H,47,62)(H,49,61)(H,50,58)(H,51,57)(H,52,66)(H,53,67)(H,54,63)(H,55,65)(H,56,64)(H,59,60)(H4,45,46,48)/t26-,27-,28-,29-,30-,31-,32-/m0/s1. The number of carboxylic acid groups (broad SMARTS) is 1. The number of thioether (sulfide) groups is 1. The maximum Gasteiger partial charge on any atom is 0.305 e. The molecule has 28 heteroatoms. The lowest BCUT2D eigenvalue weighted by Gasteiger charge is -2.26. The fourth-order valence-corrected chi connectivity index (χ4v) is 7.94. The van der Waals surface area contributed by atoms with Crippen molar-refractivity contribution in [1.29, 1.82) is 0 Å². The molecule has 9 amide bonds. The van der Waals surface area contributed by atoms with Gasteiger partial charge in [0.25, 0.3) is 0 Å². The minimum Gasteiger partial charge on any atom is -0.481 e. The highest BCUT2D eigenvalue weighted by Crippen LogP contribution is 2.10. The highest BCUT2D eigenvalue weighted by Gasteiger charge is 2.34. The third kappa shape index (κ3) is 24.7. The van der Waals surface area contributed by atoms with Crippen LogP contribution in [0.25, 0.3) is 0 Å². The number of carboxylic acids is 1. The average Bonchev–Trinajstić information content (AvgIpc) is 3.33. The second-order valence-corrected chi connectivity index (χ2v) is 17.8. The molecular formula is C43H69N13O12S3. The number of carbonyl (C=O) groups is 10. The van der Waals surface area contributed by atoms with E-state index < -0.39 is 114 Å². The molecule has 2 rings (SSSR count).